The van der Waals surface area contributed by atoms with Crippen molar-refractivity contribution in [3.05, 3.63) is 100 Å². The Morgan fingerprint density at radius 2 is 1.77 bits per heavy atom. The van der Waals surface area contributed by atoms with E-state index in [0.717, 1.165) is 5.56 Å². The Morgan fingerprint density at radius 3 is 2.40 bits per heavy atom. The molecule has 1 unspecified atom stereocenters. The molecule has 1 saturated heterocycles. The van der Waals surface area contributed by atoms with E-state index in [1.807, 2.05) is 31.2 Å². The maximum absolute atomic E-state index is 13.9. The summed E-state index contributed by atoms with van der Waals surface area (Å²) in [4.78, 5) is 28.0. The van der Waals surface area contributed by atoms with Gasteiger partial charge in [-0.1, -0.05) is 38.1 Å². The number of Topliss-reactive ketones (excluding diaryl/α,β-unsaturated/α-hetero) is 1. The highest BCUT2D eigenvalue weighted by atomic mass is 19.1. The van der Waals surface area contributed by atoms with Gasteiger partial charge in [0, 0.05) is 11.3 Å². The van der Waals surface area contributed by atoms with Crippen LogP contribution in [0.5, 0.6) is 5.75 Å². The molecular formula is C29H28FNO4. The van der Waals surface area contributed by atoms with Crippen molar-refractivity contribution in [1.29, 1.82) is 0 Å². The zero-order valence-corrected chi connectivity index (χ0v) is 20.2. The molecule has 1 amide bonds. The predicted molar refractivity (Wildman–Crippen MR) is 134 cm³/mol. The molecule has 1 atom stereocenters. The van der Waals surface area contributed by atoms with Crippen molar-refractivity contribution in [1.82, 2.24) is 0 Å². The Labute approximate surface area is 204 Å². The van der Waals surface area contributed by atoms with Crippen molar-refractivity contribution in [2.24, 2.45) is 0 Å². The van der Waals surface area contributed by atoms with Crippen LogP contribution < -0.4 is 9.64 Å². The number of ether oxygens (including phenoxy) is 1. The number of aryl methyl sites for hydroxylation is 1. The minimum atomic E-state index is -0.884. The van der Waals surface area contributed by atoms with Crippen molar-refractivity contribution in [2.45, 2.75) is 39.7 Å². The van der Waals surface area contributed by atoms with Crippen LogP contribution in [0.4, 0.5) is 10.1 Å². The van der Waals surface area contributed by atoms with Gasteiger partial charge in [0.1, 0.15) is 17.3 Å². The predicted octanol–water partition coefficient (Wildman–Crippen LogP) is 6.28. The van der Waals surface area contributed by atoms with Crippen molar-refractivity contribution in [2.75, 3.05) is 11.5 Å². The Balaban J connectivity index is 1.92. The first-order valence-corrected chi connectivity index (χ1v) is 11.6. The van der Waals surface area contributed by atoms with E-state index >= 15 is 0 Å². The SMILES string of the molecule is CCOc1cccc(C2/C(=C(/O)c3ccc(F)c(C)c3)C(=O)C(=O)N2c2ccc(C(C)C)cc2)c1. The van der Waals surface area contributed by atoms with Crippen LogP contribution in [0, 0.1) is 12.7 Å². The van der Waals surface area contributed by atoms with E-state index in [1.165, 1.54) is 23.1 Å². The monoisotopic (exact) mass is 473 g/mol. The number of carbonyl (C=O) groups is 2. The third-order valence-corrected chi connectivity index (χ3v) is 6.20. The molecule has 35 heavy (non-hydrogen) atoms. The molecule has 3 aromatic carbocycles. The fraction of sp³-hybridized carbons (Fsp3) is 0.241. The summed E-state index contributed by atoms with van der Waals surface area (Å²) in [5, 5.41) is 11.2. The zero-order chi connectivity index (χ0) is 25.3. The molecule has 1 aliphatic heterocycles. The van der Waals surface area contributed by atoms with E-state index < -0.39 is 23.5 Å². The molecule has 0 radical (unpaired) electrons. The molecule has 5 nitrogen and oxygen atoms in total. The number of halogens is 1. The van der Waals surface area contributed by atoms with Crippen LogP contribution in [0.1, 0.15) is 55.0 Å². The summed E-state index contributed by atoms with van der Waals surface area (Å²) in [6, 6.07) is 17.8. The number of rotatable bonds is 6. The van der Waals surface area contributed by atoms with Crippen LogP contribution in [-0.4, -0.2) is 23.4 Å². The maximum Gasteiger partial charge on any atom is 0.300 e. The first-order valence-electron chi connectivity index (χ1n) is 11.6. The third kappa shape index (κ3) is 4.56. The van der Waals surface area contributed by atoms with Gasteiger partial charge in [0.2, 0.25) is 0 Å². The van der Waals surface area contributed by atoms with Gasteiger partial charge >= 0.3 is 0 Å². The van der Waals surface area contributed by atoms with Crippen LogP contribution in [0.15, 0.2) is 72.3 Å². The topological polar surface area (TPSA) is 66.8 Å². The molecule has 0 aromatic heterocycles. The molecule has 4 rings (SSSR count). The van der Waals surface area contributed by atoms with E-state index in [4.69, 9.17) is 4.74 Å². The number of hydrogen-bond acceptors (Lipinski definition) is 4. The van der Waals surface area contributed by atoms with Crippen molar-refractivity contribution >= 4 is 23.1 Å². The second kappa shape index (κ2) is 9.74. The summed E-state index contributed by atoms with van der Waals surface area (Å²) >= 11 is 0. The fourth-order valence-electron chi connectivity index (χ4n) is 4.32. The molecule has 0 saturated carbocycles. The Morgan fingerprint density at radius 1 is 1.06 bits per heavy atom. The molecule has 0 spiro atoms. The van der Waals surface area contributed by atoms with E-state index in [0.29, 0.717) is 35.1 Å². The van der Waals surface area contributed by atoms with Gasteiger partial charge in [-0.3, -0.25) is 14.5 Å². The highest BCUT2D eigenvalue weighted by molar-refractivity contribution is 6.51. The van der Waals surface area contributed by atoms with Gasteiger partial charge in [0.05, 0.1) is 18.2 Å². The molecule has 1 aliphatic rings. The Hall–Kier alpha value is -3.93. The number of amides is 1. The standard InChI is InChI=1S/C29H28FNO4/c1-5-35-23-8-6-7-20(16-23)26-25(27(32)21-11-14-24(30)18(4)15-21)28(33)29(34)31(26)22-12-9-19(10-13-22)17(2)3/h6-17,26,32H,5H2,1-4H3/b27-25-. The van der Waals surface area contributed by atoms with Crippen LogP contribution in [0.2, 0.25) is 0 Å². The van der Waals surface area contributed by atoms with Crippen molar-refractivity contribution in [3.63, 3.8) is 0 Å². The van der Waals surface area contributed by atoms with E-state index in [1.54, 1.807) is 31.2 Å². The molecular weight excluding hydrogens is 445 g/mol. The number of hydrogen-bond donors (Lipinski definition) is 1. The number of aliphatic hydroxyl groups is 1. The summed E-state index contributed by atoms with van der Waals surface area (Å²) < 4.78 is 19.5. The average Bonchev–Trinajstić information content (AvgIpc) is 3.11. The second-order valence-corrected chi connectivity index (χ2v) is 8.88. The van der Waals surface area contributed by atoms with Gasteiger partial charge < -0.3 is 9.84 Å². The van der Waals surface area contributed by atoms with Crippen molar-refractivity contribution in [3.8, 4) is 5.75 Å². The summed E-state index contributed by atoms with van der Waals surface area (Å²) in [5.74, 6) is -1.42. The number of benzene rings is 3. The van der Waals surface area contributed by atoms with Crippen molar-refractivity contribution < 1.29 is 23.8 Å². The zero-order valence-electron chi connectivity index (χ0n) is 20.2. The van der Waals surface area contributed by atoms with Crippen LogP contribution in [0.3, 0.4) is 0 Å². The summed E-state index contributed by atoms with van der Waals surface area (Å²) in [6.07, 6.45) is 0. The highest BCUT2D eigenvalue weighted by Crippen LogP contribution is 2.43. The van der Waals surface area contributed by atoms with Gasteiger partial charge in [-0.25, -0.2) is 4.39 Å². The first kappa shape index (κ1) is 24.2. The molecule has 0 bridgehead atoms. The minimum Gasteiger partial charge on any atom is -0.507 e. The average molecular weight is 474 g/mol. The van der Waals surface area contributed by atoms with Gasteiger partial charge in [-0.15, -0.1) is 0 Å². The lowest BCUT2D eigenvalue weighted by Crippen LogP contribution is -2.29. The fourth-order valence-corrected chi connectivity index (χ4v) is 4.32. The summed E-state index contributed by atoms with van der Waals surface area (Å²) in [7, 11) is 0. The molecule has 6 heteroatoms. The second-order valence-electron chi connectivity index (χ2n) is 8.88. The first-order chi connectivity index (χ1) is 16.7. The lowest BCUT2D eigenvalue weighted by atomic mass is 9.94. The maximum atomic E-state index is 13.9. The molecule has 1 N–H and O–H groups in total. The van der Waals surface area contributed by atoms with Gasteiger partial charge in [-0.2, -0.15) is 0 Å². The largest absolute Gasteiger partial charge is 0.507 e. The molecule has 0 aliphatic carbocycles. The lowest BCUT2D eigenvalue weighted by molar-refractivity contribution is -0.132. The molecule has 1 fully saturated rings. The molecule has 1 heterocycles. The van der Waals surface area contributed by atoms with Gasteiger partial charge in [0.25, 0.3) is 11.7 Å². The minimum absolute atomic E-state index is 0.0532. The number of aliphatic hydroxyl groups excluding tert-OH is 1. The van der Waals surface area contributed by atoms with Gasteiger partial charge in [0.15, 0.2) is 0 Å². The normalized spacial score (nSPS) is 17.3. The van der Waals surface area contributed by atoms with E-state index in [-0.39, 0.29) is 16.9 Å². The smallest absolute Gasteiger partial charge is 0.300 e. The summed E-state index contributed by atoms with van der Waals surface area (Å²) in [6.45, 7) is 8.04. The third-order valence-electron chi connectivity index (χ3n) is 6.20. The Bertz CT molecular complexity index is 1310. The van der Waals surface area contributed by atoms with Crippen LogP contribution >= 0.6 is 0 Å². The Kier molecular flexibility index (Phi) is 6.74. The van der Waals surface area contributed by atoms with Crippen LogP contribution in [-0.2, 0) is 9.59 Å². The van der Waals surface area contributed by atoms with Crippen LogP contribution in [0.25, 0.3) is 5.76 Å². The van der Waals surface area contributed by atoms with Gasteiger partial charge in [-0.05, 0) is 78.9 Å². The number of anilines is 1. The highest BCUT2D eigenvalue weighted by Gasteiger charge is 2.47. The quantitative estimate of drug-likeness (QED) is 0.260. The molecule has 3 aromatic rings. The summed E-state index contributed by atoms with van der Waals surface area (Å²) in [5.41, 5.74) is 2.79. The number of ketones is 1. The molecule has 180 valence electrons. The number of nitrogens with zero attached hydrogens (tertiary/aromatic N) is 1. The van der Waals surface area contributed by atoms with E-state index in [9.17, 15) is 19.1 Å². The lowest BCUT2D eigenvalue weighted by Gasteiger charge is -2.26. The van der Waals surface area contributed by atoms with E-state index in [2.05, 4.69) is 13.8 Å². The number of carbonyl (C=O) groups excluding carboxylic acids is 2.